The van der Waals surface area contributed by atoms with Crippen molar-refractivity contribution in [3.63, 3.8) is 0 Å². The number of morpholine rings is 1. The smallest absolute Gasteiger partial charge is 0.243 e. The number of halogens is 2. The first-order chi connectivity index (χ1) is 13.9. The van der Waals surface area contributed by atoms with E-state index >= 15 is 0 Å². The van der Waals surface area contributed by atoms with Crippen molar-refractivity contribution >= 4 is 39.3 Å². The zero-order chi connectivity index (χ0) is 20.9. The van der Waals surface area contributed by atoms with Crippen molar-refractivity contribution in [1.82, 2.24) is 9.62 Å². The number of ether oxygens (including phenoxy) is 1. The Morgan fingerprint density at radius 1 is 1.17 bits per heavy atom. The van der Waals surface area contributed by atoms with E-state index in [4.69, 9.17) is 16.3 Å². The number of benzene rings is 2. The second-order valence-electron chi connectivity index (χ2n) is 6.30. The molecule has 1 N–H and O–H groups in total. The number of carbonyl (C=O) groups is 1. The Morgan fingerprint density at radius 3 is 2.52 bits per heavy atom. The van der Waals surface area contributed by atoms with Crippen LogP contribution in [0, 0.1) is 5.82 Å². The number of rotatable bonds is 7. The number of nitrogens with one attached hydrogen (secondary N) is 1. The van der Waals surface area contributed by atoms with Gasteiger partial charge in [-0.3, -0.25) is 4.79 Å². The lowest BCUT2D eigenvalue weighted by Gasteiger charge is -2.26. The largest absolute Gasteiger partial charge is 0.379 e. The topological polar surface area (TPSA) is 75.7 Å². The van der Waals surface area contributed by atoms with Gasteiger partial charge in [-0.05, 0) is 35.9 Å². The molecule has 0 unspecified atom stereocenters. The molecule has 156 valence electrons. The summed E-state index contributed by atoms with van der Waals surface area (Å²) in [7, 11) is -3.53. The Balaban J connectivity index is 1.50. The third-order valence-corrected chi connectivity index (χ3v) is 7.48. The normalized spacial score (nSPS) is 15.2. The van der Waals surface area contributed by atoms with E-state index in [1.54, 1.807) is 30.3 Å². The van der Waals surface area contributed by atoms with Crippen LogP contribution in [0.5, 0.6) is 0 Å². The summed E-state index contributed by atoms with van der Waals surface area (Å²) in [6.45, 7) is 1.76. The zero-order valence-corrected chi connectivity index (χ0v) is 17.8. The highest BCUT2D eigenvalue weighted by molar-refractivity contribution is 8.00. The van der Waals surface area contributed by atoms with Gasteiger partial charge in [0.15, 0.2) is 0 Å². The molecule has 3 rings (SSSR count). The monoisotopic (exact) mass is 458 g/mol. The van der Waals surface area contributed by atoms with Gasteiger partial charge in [0.05, 0.1) is 28.9 Å². The highest BCUT2D eigenvalue weighted by Crippen LogP contribution is 2.24. The molecule has 1 aliphatic heterocycles. The molecule has 1 heterocycles. The summed E-state index contributed by atoms with van der Waals surface area (Å²) in [6, 6.07) is 10.7. The van der Waals surface area contributed by atoms with Gasteiger partial charge in [0.2, 0.25) is 15.9 Å². The summed E-state index contributed by atoms with van der Waals surface area (Å²) >= 11 is 6.97. The molecule has 0 aromatic heterocycles. The highest BCUT2D eigenvalue weighted by Gasteiger charge is 2.26. The average Bonchev–Trinajstić information content (AvgIpc) is 2.74. The number of hydrogen-bond donors (Lipinski definition) is 1. The van der Waals surface area contributed by atoms with Crippen LogP contribution in [0.1, 0.15) is 5.56 Å². The molecule has 6 nitrogen and oxygen atoms in total. The summed E-state index contributed by atoms with van der Waals surface area (Å²) in [5.74, 6) is -0.536. The molecular formula is C19H20ClFN2O4S2. The predicted octanol–water partition coefficient (Wildman–Crippen LogP) is 2.91. The predicted molar refractivity (Wildman–Crippen MR) is 110 cm³/mol. The number of hydrogen-bond acceptors (Lipinski definition) is 5. The Kier molecular flexibility index (Phi) is 7.53. The molecule has 2 aromatic rings. The maximum Gasteiger partial charge on any atom is 0.243 e. The molecule has 1 saturated heterocycles. The van der Waals surface area contributed by atoms with Crippen molar-refractivity contribution in [3.05, 3.63) is 58.9 Å². The van der Waals surface area contributed by atoms with Crippen molar-refractivity contribution < 1.29 is 22.3 Å². The van der Waals surface area contributed by atoms with Crippen LogP contribution < -0.4 is 5.32 Å². The van der Waals surface area contributed by atoms with Crippen molar-refractivity contribution in [2.45, 2.75) is 16.3 Å². The number of amides is 1. The lowest BCUT2D eigenvalue weighted by molar-refractivity contribution is -0.118. The number of carbonyl (C=O) groups excluding carboxylic acids is 1. The maximum absolute atomic E-state index is 13.1. The fourth-order valence-electron chi connectivity index (χ4n) is 2.68. The molecule has 1 amide bonds. The third kappa shape index (κ3) is 5.93. The van der Waals surface area contributed by atoms with E-state index in [1.165, 1.54) is 28.2 Å². The molecule has 29 heavy (non-hydrogen) atoms. The minimum atomic E-state index is -3.53. The van der Waals surface area contributed by atoms with Crippen LogP contribution in [-0.2, 0) is 26.1 Å². The summed E-state index contributed by atoms with van der Waals surface area (Å²) in [5.41, 5.74) is 0.786. The van der Waals surface area contributed by atoms with Crippen LogP contribution in [0.3, 0.4) is 0 Å². The number of thioether (sulfide) groups is 1. The molecule has 1 aliphatic rings. The highest BCUT2D eigenvalue weighted by atomic mass is 35.5. The van der Waals surface area contributed by atoms with Gasteiger partial charge in [-0.15, -0.1) is 11.8 Å². The molecular weight excluding hydrogens is 439 g/mol. The van der Waals surface area contributed by atoms with Gasteiger partial charge < -0.3 is 10.1 Å². The number of nitrogens with zero attached hydrogens (tertiary/aromatic N) is 1. The Labute approximate surface area is 178 Å². The van der Waals surface area contributed by atoms with E-state index in [0.717, 1.165) is 5.56 Å². The SMILES string of the molecule is O=C(CSc1ccc(F)c(Cl)c1)NCc1ccc(S(=O)(=O)N2CCOCC2)cc1. The van der Waals surface area contributed by atoms with E-state index in [1.807, 2.05) is 0 Å². The van der Waals surface area contributed by atoms with E-state index in [9.17, 15) is 17.6 Å². The van der Waals surface area contributed by atoms with Crippen molar-refractivity contribution in [1.29, 1.82) is 0 Å². The summed E-state index contributed by atoms with van der Waals surface area (Å²) in [6.07, 6.45) is 0. The second-order valence-corrected chi connectivity index (χ2v) is 9.70. The molecule has 0 radical (unpaired) electrons. The Hall–Kier alpha value is -1.65. The molecule has 0 aliphatic carbocycles. The van der Waals surface area contributed by atoms with E-state index in [0.29, 0.717) is 31.2 Å². The van der Waals surface area contributed by atoms with Crippen LogP contribution in [0.4, 0.5) is 4.39 Å². The molecule has 10 heteroatoms. The van der Waals surface area contributed by atoms with Gasteiger partial charge in [0, 0.05) is 24.5 Å². The third-order valence-electron chi connectivity index (χ3n) is 4.28. The van der Waals surface area contributed by atoms with Crippen molar-refractivity contribution in [3.8, 4) is 0 Å². The number of sulfonamides is 1. The van der Waals surface area contributed by atoms with Crippen LogP contribution in [0.25, 0.3) is 0 Å². The van der Waals surface area contributed by atoms with Crippen LogP contribution >= 0.6 is 23.4 Å². The lowest BCUT2D eigenvalue weighted by atomic mass is 10.2. The summed E-state index contributed by atoms with van der Waals surface area (Å²) in [5, 5.41) is 2.79. The van der Waals surface area contributed by atoms with Gasteiger partial charge in [-0.1, -0.05) is 23.7 Å². The van der Waals surface area contributed by atoms with E-state index in [2.05, 4.69) is 5.32 Å². The van der Waals surface area contributed by atoms with Crippen molar-refractivity contribution in [2.75, 3.05) is 32.1 Å². The van der Waals surface area contributed by atoms with Gasteiger partial charge in [-0.25, -0.2) is 12.8 Å². The summed E-state index contributed by atoms with van der Waals surface area (Å²) in [4.78, 5) is 12.9. The first-order valence-electron chi connectivity index (χ1n) is 8.87. The van der Waals surface area contributed by atoms with Crippen LogP contribution in [0.15, 0.2) is 52.3 Å². The quantitative estimate of drug-likeness (QED) is 0.646. The van der Waals surface area contributed by atoms with Crippen molar-refractivity contribution in [2.24, 2.45) is 0 Å². The maximum atomic E-state index is 13.1. The molecule has 2 aromatic carbocycles. The van der Waals surface area contributed by atoms with E-state index < -0.39 is 15.8 Å². The van der Waals surface area contributed by atoms with Gasteiger partial charge >= 0.3 is 0 Å². The van der Waals surface area contributed by atoms with Gasteiger partial charge in [0.25, 0.3) is 0 Å². The second kappa shape index (κ2) is 9.90. The lowest BCUT2D eigenvalue weighted by Crippen LogP contribution is -2.40. The first kappa shape index (κ1) is 22.0. The minimum absolute atomic E-state index is 0.0162. The Morgan fingerprint density at radius 2 is 1.86 bits per heavy atom. The fraction of sp³-hybridized carbons (Fsp3) is 0.316. The molecule has 0 spiro atoms. The molecule has 0 saturated carbocycles. The minimum Gasteiger partial charge on any atom is -0.379 e. The Bertz CT molecular complexity index is 965. The standard InChI is InChI=1S/C19H20ClFN2O4S2/c20-17-11-15(3-6-18(17)21)28-13-19(24)22-12-14-1-4-16(5-2-14)29(25,26)23-7-9-27-10-8-23/h1-6,11H,7-10,12-13H2,(H,22,24). The van der Waals surface area contributed by atoms with Crippen LogP contribution in [0.2, 0.25) is 5.02 Å². The van der Waals surface area contributed by atoms with E-state index in [-0.39, 0.29) is 28.1 Å². The first-order valence-corrected chi connectivity index (χ1v) is 11.7. The average molecular weight is 459 g/mol. The molecule has 1 fully saturated rings. The van der Waals surface area contributed by atoms with Gasteiger partial charge in [-0.2, -0.15) is 4.31 Å². The molecule has 0 atom stereocenters. The van der Waals surface area contributed by atoms with Crippen LogP contribution in [-0.4, -0.2) is 50.7 Å². The van der Waals surface area contributed by atoms with Gasteiger partial charge in [0.1, 0.15) is 5.82 Å². The molecule has 0 bridgehead atoms. The fourth-order valence-corrected chi connectivity index (χ4v) is 5.10. The summed E-state index contributed by atoms with van der Waals surface area (Å²) < 4.78 is 44.9. The zero-order valence-electron chi connectivity index (χ0n) is 15.4.